The quantitative estimate of drug-likeness (QED) is 0.429. The number of carbonyl (C=O) groups excluding carboxylic acids is 1. The van der Waals surface area contributed by atoms with E-state index in [1.165, 1.54) is 17.7 Å². The van der Waals surface area contributed by atoms with Crippen LogP contribution in [0.3, 0.4) is 0 Å². The molecule has 0 saturated carbocycles. The summed E-state index contributed by atoms with van der Waals surface area (Å²) in [6.07, 6.45) is 3.05. The molecule has 0 unspecified atom stereocenters. The average Bonchev–Trinajstić information content (AvgIpc) is 3.36. The Bertz CT molecular complexity index is 1580. The van der Waals surface area contributed by atoms with E-state index in [1.807, 2.05) is 55.8 Å². The molecule has 33 heavy (non-hydrogen) atoms. The van der Waals surface area contributed by atoms with Crippen molar-refractivity contribution in [3.8, 4) is 11.1 Å². The van der Waals surface area contributed by atoms with Gasteiger partial charge in [0.05, 0.1) is 22.8 Å². The number of aryl methyl sites for hydroxylation is 2. The maximum absolute atomic E-state index is 13.4. The third kappa shape index (κ3) is 3.50. The van der Waals surface area contributed by atoms with Crippen LogP contribution in [-0.2, 0) is 0 Å². The molecule has 0 fully saturated rings. The fraction of sp³-hybridized carbons (Fsp3) is 0.208. The first-order valence-corrected chi connectivity index (χ1v) is 11.4. The first-order chi connectivity index (χ1) is 15.8. The lowest BCUT2D eigenvalue weighted by molar-refractivity contribution is 0.101. The summed E-state index contributed by atoms with van der Waals surface area (Å²) in [6, 6.07) is 11.6. The van der Waals surface area contributed by atoms with E-state index in [-0.39, 0.29) is 11.6 Å². The zero-order valence-corrected chi connectivity index (χ0v) is 19.5. The summed E-state index contributed by atoms with van der Waals surface area (Å²) < 4.78 is 2.96. The Morgan fingerprint density at radius 2 is 1.91 bits per heavy atom. The van der Waals surface area contributed by atoms with E-state index in [1.54, 1.807) is 19.2 Å². The highest BCUT2D eigenvalue weighted by Gasteiger charge is 2.19. The molecule has 5 rings (SSSR count). The van der Waals surface area contributed by atoms with Gasteiger partial charge in [-0.2, -0.15) is 5.10 Å². The molecule has 166 valence electrons. The summed E-state index contributed by atoms with van der Waals surface area (Å²) >= 11 is 1.46. The monoisotopic (exact) mass is 458 g/mol. The number of thiophene rings is 1. The minimum absolute atomic E-state index is 0.151. The minimum atomic E-state index is -0.435. The number of nitrogens with one attached hydrogen (secondary N) is 1. The number of hydrogen-bond acceptors (Lipinski definition) is 6. The molecule has 0 saturated heterocycles. The van der Waals surface area contributed by atoms with E-state index in [0.717, 1.165) is 31.7 Å². The number of fused-ring (bicyclic) bond motifs is 2. The van der Waals surface area contributed by atoms with Crippen LogP contribution in [0.1, 0.15) is 40.8 Å². The molecule has 0 aliphatic heterocycles. The number of amides is 1. The van der Waals surface area contributed by atoms with Gasteiger partial charge >= 0.3 is 0 Å². The number of pyridine rings is 1. The Kier molecular flexibility index (Phi) is 5.05. The van der Waals surface area contributed by atoms with E-state index in [0.29, 0.717) is 21.5 Å². The fourth-order valence-corrected chi connectivity index (χ4v) is 4.98. The van der Waals surface area contributed by atoms with Crippen LogP contribution in [0.4, 0.5) is 0 Å². The van der Waals surface area contributed by atoms with E-state index < -0.39 is 5.91 Å². The molecule has 5 aromatic rings. The van der Waals surface area contributed by atoms with Crippen LogP contribution < -0.4 is 11.0 Å². The fourth-order valence-electron chi connectivity index (χ4n) is 3.98. The summed E-state index contributed by atoms with van der Waals surface area (Å²) in [6.45, 7) is 7.79. The van der Waals surface area contributed by atoms with Gasteiger partial charge in [0.2, 0.25) is 0 Å². The summed E-state index contributed by atoms with van der Waals surface area (Å²) in [4.78, 5) is 37.1. The van der Waals surface area contributed by atoms with Crippen LogP contribution >= 0.6 is 11.3 Å². The molecular formula is C24H22N6O2S. The Morgan fingerprint density at radius 1 is 1.15 bits per heavy atom. The third-order valence-electron chi connectivity index (χ3n) is 5.57. The molecule has 1 aromatic carbocycles. The van der Waals surface area contributed by atoms with Gasteiger partial charge in [-0.1, -0.05) is 30.3 Å². The van der Waals surface area contributed by atoms with Crippen molar-refractivity contribution in [2.24, 2.45) is 0 Å². The van der Waals surface area contributed by atoms with Gasteiger partial charge in [0, 0.05) is 21.9 Å². The van der Waals surface area contributed by atoms with Gasteiger partial charge in [0.1, 0.15) is 11.2 Å². The van der Waals surface area contributed by atoms with Crippen LogP contribution in [0.2, 0.25) is 0 Å². The van der Waals surface area contributed by atoms with Gasteiger partial charge in [-0.25, -0.2) is 19.3 Å². The Hall–Kier alpha value is -3.85. The molecule has 0 bridgehead atoms. The van der Waals surface area contributed by atoms with Crippen LogP contribution in [-0.4, -0.2) is 30.3 Å². The predicted octanol–water partition coefficient (Wildman–Crippen LogP) is 4.45. The molecule has 0 radical (unpaired) electrons. The average molecular weight is 459 g/mol. The summed E-state index contributed by atoms with van der Waals surface area (Å²) in [7, 11) is 0. The van der Waals surface area contributed by atoms with Crippen molar-refractivity contribution in [3.63, 3.8) is 0 Å². The number of aromatic nitrogens is 5. The number of hydrogen-bond donors (Lipinski definition) is 1. The number of rotatable bonds is 4. The first-order valence-electron chi connectivity index (χ1n) is 10.6. The zero-order chi connectivity index (χ0) is 23.3. The van der Waals surface area contributed by atoms with E-state index in [9.17, 15) is 9.59 Å². The minimum Gasteiger partial charge on any atom is -0.267 e. The molecule has 0 aliphatic carbocycles. The second-order valence-electron chi connectivity index (χ2n) is 8.16. The summed E-state index contributed by atoms with van der Waals surface area (Å²) in [5, 5.41) is 5.63. The SMILES string of the molecule is Cc1nc2c(cnn2C(C)C)cc1C(=O)Nn1cnc2sc(C)c(-c3ccccc3)c2c1=O. The smallest absolute Gasteiger partial charge is 0.267 e. The third-order valence-corrected chi connectivity index (χ3v) is 6.58. The molecule has 1 amide bonds. The Balaban J connectivity index is 1.56. The van der Waals surface area contributed by atoms with Crippen molar-refractivity contribution in [2.75, 3.05) is 5.43 Å². The van der Waals surface area contributed by atoms with Gasteiger partial charge in [-0.15, -0.1) is 11.3 Å². The lowest BCUT2D eigenvalue weighted by Gasteiger charge is -2.11. The highest BCUT2D eigenvalue weighted by Crippen LogP contribution is 2.35. The van der Waals surface area contributed by atoms with Crippen molar-refractivity contribution in [2.45, 2.75) is 33.7 Å². The van der Waals surface area contributed by atoms with Crippen molar-refractivity contribution in [1.29, 1.82) is 0 Å². The highest BCUT2D eigenvalue weighted by atomic mass is 32.1. The lowest BCUT2D eigenvalue weighted by Crippen LogP contribution is -2.33. The number of nitrogens with zero attached hydrogens (tertiary/aromatic N) is 5. The Morgan fingerprint density at radius 3 is 2.64 bits per heavy atom. The predicted molar refractivity (Wildman–Crippen MR) is 130 cm³/mol. The molecule has 0 spiro atoms. The second-order valence-corrected chi connectivity index (χ2v) is 9.36. The normalized spacial score (nSPS) is 11.5. The molecule has 9 heteroatoms. The maximum atomic E-state index is 13.4. The van der Waals surface area contributed by atoms with Gasteiger partial charge in [-0.05, 0) is 39.3 Å². The van der Waals surface area contributed by atoms with Gasteiger partial charge in [0.15, 0.2) is 5.65 Å². The summed E-state index contributed by atoms with van der Waals surface area (Å²) in [5.74, 6) is -0.435. The van der Waals surface area contributed by atoms with Gasteiger partial charge in [0.25, 0.3) is 11.5 Å². The molecule has 1 N–H and O–H groups in total. The molecule has 0 aliphatic rings. The van der Waals surface area contributed by atoms with Gasteiger partial charge in [-0.3, -0.25) is 15.0 Å². The largest absolute Gasteiger partial charge is 0.281 e. The second kappa shape index (κ2) is 7.93. The number of benzene rings is 1. The van der Waals surface area contributed by atoms with Crippen molar-refractivity contribution < 1.29 is 4.79 Å². The molecule has 0 atom stereocenters. The number of carbonyl (C=O) groups is 1. The first kappa shape index (κ1) is 21.0. The molecule has 8 nitrogen and oxygen atoms in total. The van der Waals surface area contributed by atoms with Gasteiger partial charge < -0.3 is 0 Å². The molecule has 4 heterocycles. The maximum Gasteiger partial charge on any atom is 0.281 e. The summed E-state index contributed by atoms with van der Waals surface area (Å²) in [5.41, 5.74) is 5.80. The van der Waals surface area contributed by atoms with E-state index >= 15 is 0 Å². The standard InChI is InChI=1S/C24H22N6O2S/c1-13(2)30-21-17(11-26-30)10-18(14(3)27-21)22(31)28-29-12-25-23-20(24(29)32)19(15(4)33-23)16-8-6-5-7-9-16/h5-13H,1-4H3,(H,28,31). The van der Waals surface area contributed by atoms with E-state index in [2.05, 4.69) is 20.5 Å². The molecule has 4 aromatic heterocycles. The highest BCUT2D eigenvalue weighted by molar-refractivity contribution is 7.19. The Labute approximate surface area is 193 Å². The van der Waals surface area contributed by atoms with Crippen LogP contribution in [0.5, 0.6) is 0 Å². The molecular weight excluding hydrogens is 436 g/mol. The van der Waals surface area contributed by atoms with Crippen molar-refractivity contribution in [3.05, 3.63) is 75.4 Å². The zero-order valence-electron chi connectivity index (χ0n) is 18.7. The van der Waals surface area contributed by atoms with Crippen molar-refractivity contribution in [1.82, 2.24) is 24.4 Å². The van der Waals surface area contributed by atoms with Crippen molar-refractivity contribution >= 4 is 38.5 Å². The lowest BCUT2D eigenvalue weighted by atomic mass is 10.0. The van der Waals surface area contributed by atoms with Crippen LogP contribution in [0.25, 0.3) is 32.4 Å². The van der Waals surface area contributed by atoms with Crippen LogP contribution in [0.15, 0.2) is 53.7 Å². The topological polar surface area (TPSA) is 94.7 Å². The van der Waals surface area contributed by atoms with E-state index in [4.69, 9.17) is 0 Å². The van der Waals surface area contributed by atoms with Crippen LogP contribution in [0, 0.1) is 13.8 Å².